The zero-order valence-electron chi connectivity index (χ0n) is 8.67. The van der Waals surface area contributed by atoms with Crippen molar-refractivity contribution in [3.05, 3.63) is 33.9 Å². The molecule has 0 spiro atoms. The Balaban J connectivity index is 2.94. The van der Waals surface area contributed by atoms with Gasteiger partial charge in [0.1, 0.15) is 6.07 Å². The first-order valence-electron chi connectivity index (χ1n) is 4.65. The lowest BCUT2D eigenvalue weighted by atomic mass is 10.1. The normalized spacial score (nSPS) is 11.6. The highest BCUT2D eigenvalue weighted by Crippen LogP contribution is 2.21. The van der Waals surface area contributed by atoms with Gasteiger partial charge in [-0.15, -0.1) is 0 Å². The number of benzene rings is 1. The third kappa shape index (κ3) is 2.93. The molecule has 0 aliphatic carbocycles. The molecular formula is C10H11N3O3. The van der Waals surface area contributed by atoms with Crippen LogP contribution in [0, 0.1) is 21.4 Å². The van der Waals surface area contributed by atoms with Crippen LogP contribution in [0.15, 0.2) is 18.2 Å². The molecule has 0 heterocycles. The SMILES string of the molecule is C[C@H](O)CNc1ccc([N+](=O)[O-])cc1C#N. The number of non-ortho nitro benzene ring substituents is 1. The van der Waals surface area contributed by atoms with Crippen LogP contribution in [0.25, 0.3) is 0 Å². The molecule has 0 radical (unpaired) electrons. The predicted molar refractivity (Wildman–Crippen MR) is 58.0 cm³/mol. The fourth-order valence-corrected chi connectivity index (χ4v) is 1.15. The van der Waals surface area contributed by atoms with Crippen molar-refractivity contribution in [2.75, 3.05) is 11.9 Å². The molecule has 0 saturated carbocycles. The highest BCUT2D eigenvalue weighted by molar-refractivity contribution is 5.61. The fraction of sp³-hybridized carbons (Fsp3) is 0.300. The Morgan fingerprint density at radius 2 is 2.38 bits per heavy atom. The molecule has 6 nitrogen and oxygen atoms in total. The van der Waals surface area contributed by atoms with Crippen molar-refractivity contribution in [3.63, 3.8) is 0 Å². The maximum absolute atomic E-state index is 10.5. The Kier molecular flexibility index (Phi) is 3.80. The molecular weight excluding hydrogens is 210 g/mol. The number of rotatable bonds is 4. The topological polar surface area (TPSA) is 99.2 Å². The van der Waals surface area contributed by atoms with Gasteiger partial charge < -0.3 is 10.4 Å². The van der Waals surface area contributed by atoms with E-state index in [0.717, 1.165) is 0 Å². The molecule has 2 N–H and O–H groups in total. The number of aliphatic hydroxyl groups excluding tert-OH is 1. The molecule has 0 amide bonds. The van der Waals surface area contributed by atoms with Crippen molar-refractivity contribution >= 4 is 11.4 Å². The van der Waals surface area contributed by atoms with E-state index in [1.807, 2.05) is 6.07 Å². The largest absolute Gasteiger partial charge is 0.392 e. The monoisotopic (exact) mass is 221 g/mol. The van der Waals surface area contributed by atoms with Crippen LogP contribution in [0.4, 0.5) is 11.4 Å². The summed E-state index contributed by atoms with van der Waals surface area (Å²) in [7, 11) is 0. The molecule has 0 aromatic heterocycles. The third-order valence-electron chi connectivity index (χ3n) is 1.92. The van der Waals surface area contributed by atoms with Crippen LogP contribution in [-0.2, 0) is 0 Å². The van der Waals surface area contributed by atoms with E-state index >= 15 is 0 Å². The number of aliphatic hydroxyl groups is 1. The maximum atomic E-state index is 10.5. The second-order valence-electron chi connectivity index (χ2n) is 3.33. The minimum Gasteiger partial charge on any atom is -0.392 e. The van der Waals surface area contributed by atoms with Crippen molar-refractivity contribution in [2.45, 2.75) is 13.0 Å². The van der Waals surface area contributed by atoms with Crippen molar-refractivity contribution in [2.24, 2.45) is 0 Å². The van der Waals surface area contributed by atoms with Gasteiger partial charge in [0.25, 0.3) is 5.69 Å². The van der Waals surface area contributed by atoms with E-state index < -0.39 is 11.0 Å². The van der Waals surface area contributed by atoms with E-state index in [-0.39, 0.29) is 17.8 Å². The van der Waals surface area contributed by atoms with E-state index in [1.165, 1.54) is 18.2 Å². The lowest BCUT2D eigenvalue weighted by molar-refractivity contribution is -0.384. The second kappa shape index (κ2) is 5.09. The van der Waals surface area contributed by atoms with Crippen molar-refractivity contribution in [3.8, 4) is 6.07 Å². The summed E-state index contributed by atoms with van der Waals surface area (Å²) < 4.78 is 0. The average Bonchev–Trinajstić information content (AvgIpc) is 2.25. The summed E-state index contributed by atoms with van der Waals surface area (Å²) in [6.45, 7) is 1.89. The third-order valence-corrected chi connectivity index (χ3v) is 1.92. The standard InChI is InChI=1S/C10H11N3O3/c1-7(14)6-12-10-3-2-9(13(15)16)4-8(10)5-11/h2-4,7,12,14H,6H2,1H3/t7-/m0/s1. The minimum absolute atomic E-state index is 0.126. The highest BCUT2D eigenvalue weighted by Gasteiger charge is 2.10. The van der Waals surface area contributed by atoms with Gasteiger partial charge in [-0.3, -0.25) is 10.1 Å². The number of nitrogens with one attached hydrogen (secondary N) is 1. The van der Waals surface area contributed by atoms with Gasteiger partial charge in [0, 0.05) is 18.7 Å². The average molecular weight is 221 g/mol. The first kappa shape index (κ1) is 11.9. The van der Waals surface area contributed by atoms with E-state index in [9.17, 15) is 10.1 Å². The number of nitrogens with zero attached hydrogens (tertiary/aromatic N) is 2. The summed E-state index contributed by atoms with van der Waals surface area (Å²) >= 11 is 0. The molecule has 1 aromatic carbocycles. The second-order valence-corrected chi connectivity index (χ2v) is 3.33. The van der Waals surface area contributed by atoms with Crippen LogP contribution in [-0.4, -0.2) is 22.7 Å². The number of nitro groups is 1. The molecule has 6 heteroatoms. The lowest BCUT2D eigenvalue weighted by Gasteiger charge is -2.09. The molecule has 0 saturated heterocycles. The van der Waals surface area contributed by atoms with Gasteiger partial charge in [0.15, 0.2) is 0 Å². The van der Waals surface area contributed by atoms with Gasteiger partial charge in [-0.25, -0.2) is 0 Å². The van der Waals surface area contributed by atoms with Crippen molar-refractivity contribution in [1.82, 2.24) is 0 Å². The predicted octanol–water partition coefficient (Wildman–Crippen LogP) is 1.26. The molecule has 84 valence electrons. The van der Waals surface area contributed by atoms with E-state index in [0.29, 0.717) is 5.69 Å². The van der Waals surface area contributed by atoms with Crippen LogP contribution in [0.3, 0.4) is 0 Å². The molecule has 0 aliphatic rings. The fourth-order valence-electron chi connectivity index (χ4n) is 1.15. The minimum atomic E-state index is -0.556. The molecule has 0 aliphatic heterocycles. The van der Waals surface area contributed by atoms with Gasteiger partial charge in [0.05, 0.1) is 22.3 Å². The number of anilines is 1. The van der Waals surface area contributed by atoms with Crippen LogP contribution in [0.2, 0.25) is 0 Å². The van der Waals surface area contributed by atoms with Gasteiger partial charge >= 0.3 is 0 Å². The van der Waals surface area contributed by atoms with E-state index in [2.05, 4.69) is 5.32 Å². The Labute approximate surface area is 92.3 Å². The summed E-state index contributed by atoms with van der Waals surface area (Å²) in [5.74, 6) is 0. The zero-order valence-corrected chi connectivity index (χ0v) is 8.67. The Morgan fingerprint density at radius 3 is 2.88 bits per heavy atom. The highest BCUT2D eigenvalue weighted by atomic mass is 16.6. The molecule has 1 aromatic rings. The summed E-state index contributed by atoms with van der Waals surface area (Å²) in [6, 6.07) is 5.83. The maximum Gasteiger partial charge on any atom is 0.270 e. The van der Waals surface area contributed by atoms with Gasteiger partial charge in [-0.05, 0) is 13.0 Å². The van der Waals surface area contributed by atoms with Crippen LogP contribution < -0.4 is 5.32 Å². The molecule has 16 heavy (non-hydrogen) atoms. The molecule has 0 bridgehead atoms. The Bertz CT molecular complexity index is 437. The number of nitro benzene ring substituents is 1. The molecule has 1 rings (SSSR count). The van der Waals surface area contributed by atoms with Crippen molar-refractivity contribution < 1.29 is 10.0 Å². The smallest absolute Gasteiger partial charge is 0.270 e. The number of nitriles is 1. The van der Waals surface area contributed by atoms with E-state index in [4.69, 9.17) is 10.4 Å². The van der Waals surface area contributed by atoms with E-state index in [1.54, 1.807) is 6.92 Å². The Morgan fingerprint density at radius 1 is 1.69 bits per heavy atom. The van der Waals surface area contributed by atoms with Crippen LogP contribution in [0.1, 0.15) is 12.5 Å². The number of hydrogen-bond donors (Lipinski definition) is 2. The molecule has 0 unspecified atom stereocenters. The van der Waals surface area contributed by atoms with Crippen LogP contribution in [0.5, 0.6) is 0 Å². The van der Waals surface area contributed by atoms with Gasteiger partial charge in [-0.2, -0.15) is 5.26 Å². The summed E-state index contributed by atoms with van der Waals surface area (Å²) in [5, 5.41) is 31.2. The number of hydrogen-bond acceptors (Lipinski definition) is 5. The molecule has 0 fully saturated rings. The summed E-state index contributed by atoms with van der Waals surface area (Å²) in [6.07, 6.45) is -0.554. The van der Waals surface area contributed by atoms with Crippen LogP contribution >= 0.6 is 0 Å². The first-order valence-corrected chi connectivity index (χ1v) is 4.65. The molecule has 1 atom stereocenters. The first-order chi connectivity index (χ1) is 7.54. The van der Waals surface area contributed by atoms with Crippen molar-refractivity contribution in [1.29, 1.82) is 5.26 Å². The Hall–Kier alpha value is -2.13. The lowest BCUT2D eigenvalue weighted by Crippen LogP contribution is -2.15. The quantitative estimate of drug-likeness (QED) is 0.589. The summed E-state index contributed by atoms with van der Waals surface area (Å²) in [4.78, 5) is 9.93. The zero-order chi connectivity index (χ0) is 12.1. The summed E-state index contributed by atoms with van der Waals surface area (Å²) in [5.41, 5.74) is 0.544. The van der Waals surface area contributed by atoms with Gasteiger partial charge in [-0.1, -0.05) is 0 Å². The van der Waals surface area contributed by atoms with Gasteiger partial charge in [0.2, 0.25) is 0 Å².